The van der Waals surface area contributed by atoms with Crippen molar-refractivity contribution in [3.63, 3.8) is 0 Å². The fourth-order valence-corrected chi connectivity index (χ4v) is 6.87. The predicted molar refractivity (Wildman–Crippen MR) is 181 cm³/mol. The molecular weight excluding hydrogens is 596 g/mol. The molecule has 1 saturated heterocycles. The second-order valence-corrected chi connectivity index (χ2v) is 12.8. The summed E-state index contributed by atoms with van der Waals surface area (Å²) in [6.07, 6.45) is 4.18. The van der Waals surface area contributed by atoms with E-state index in [2.05, 4.69) is 25.6 Å². The molecule has 4 aromatic rings. The van der Waals surface area contributed by atoms with Crippen molar-refractivity contribution in [3.05, 3.63) is 82.0 Å². The Balaban J connectivity index is 1.24. The number of aromatic nitrogens is 3. The zero-order chi connectivity index (χ0) is 33.1. The molecule has 2 fully saturated rings. The third-order valence-electron chi connectivity index (χ3n) is 9.59. The lowest BCUT2D eigenvalue weighted by atomic mass is 9.81. The van der Waals surface area contributed by atoms with Crippen molar-refractivity contribution in [2.75, 3.05) is 24.5 Å². The number of fused-ring (bicyclic) bond motifs is 1. The number of nitrogens with one attached hydrogen (secondary N) is 4. The molecule has 1 saturated carbocycles. The third kappa shape index (κ3) is 7.13. The second kappa shape index (κ2) is 13.9. The molecule has 2 aliphatic rings. The van der Waals surface area contributed by atoms with Crippen LogP contribution in [-0.4, -0.2) is 64.4 Å². The topological polar surface area (TPSA) is 192 Å². The maximum Gasteiger partial charge on any atom is 0.323 e. The zero-order valence-electron chi connectivity index (χ0n) is 26.6. The van der Waals surface area contributed by atoms with Gasteiger partial charge >= 0.3 is 5.69 Å². The summed E-state index contributed by atoms with van der Waals surface area (Å²) in [5, 5.41) is 6.27. The Morgan fingerprint density at radius 1 is 0.979 bits per heavy atom. The average molecular weight is 639 g/mol. The molecule has 0 unspecified atom stereocenters. The monoisotopic (exact) mass is 638 g/mol. The van der Waals surface area contributed by atoms with Crippen LogP contribution in [0.1, 0.15) is 53.8 Å². The minimum Gasteiger partial charge on any atom is -0.368 e. The number of anilines is 1. The number of nitrogens with zero attached hydrogens (tertiary/aromatic N) is 2. The summed E-state index contributed by atoms with van der Waals surface area (Å²) in [7, 11) is 0. The summed E-state index contributed by atoms with van der Waals surface area (Å²) >= 11 is 0. The number of hydrogen-bond donors (Lipinski definition) is 6. The molecule has 47 heavy (non-hydrogen) atoms. The Bertz CT molecular complexity index is 1820. The fourth-order valence-electron chi connectivity index (χ4n) is 6.87. The van der Waals surface area contributed by atoms with Gasteiger partial charge in [0.05, 0.1) is 11.0 Å². The van der Waals surface area contributed by atoms with Crippen LogP contribution < -0.4 is 32.7 Å². The van der Waals surface area contributed by atoms with Crippen molar-refractivity contribution in [2.45, 2.75) is 57.5 Å². The summed E-state index contributed by atoms with van der Waals surface area (Å²) in [6.45, 7) is 4.12. The quantitative estimate of drug-likeness (QED) is 0.154. The number of carbonyl (C=O) groups is 3. The molecule has 3 heterocycles. The number of primary amides is 1. The molecule has 1 aliphatic carbocycles. The smallest absolute Gasteiger partial charge is 0.323 e. The van der Waals surface area contributed by atoms with E-state index in [1.165, 1.54) is 4.90 Å². The van der Waals surface area contributed by atoms with Gasteiger partial charge in [0.1, 0.15) is 11.7 Å². The molecule has 0 bridgehead atoms. The van der Waals surface area contributed by atoms with E-state index in [0.29, 0.717) is 47.7 Å². The molecule has 6 rings (SSSR count). The number of aromatic amines is 2. The SMILES string of the molecule is Cc1nc(C(=O)N[C@H]2CCNC2)ccc1-c1ccc(C[C@@H](C(N)=O)N(C(=O)C2CCC(CN)CC2)c2ccc3[nH]c(=O)[nH]c3c2)cc1. The van der Waals surface area contributed by atoms with Gasteiger partial charge in [-0.2, -0.15) is 0 Å². The number of amides is 3. The lowest BCUT2D eigenvalue weighted by Crippen LogP contribution is -2.52. The molecule has 1 aliphatic heterocycles. The van der Waals surface area contributed by atoms with E-state index >= 15 is 0 Å². The summed E-state index contributed by atoms with van der Waals surface area (Å²) in [4.78, 5) is 63.5. The van der Waals surface area contributed by atoms with Crippen molar-refractivity contribution in [2.24, 2.45) is 23.3 Å². The summed E-state index contributed by atoms with van der Waals surface area (Å²) in [6, 6.07) is 15.7. The summed E-state index contributed by atoms with van der Waals surface area (Å²) in [5.74, 6) is -0.842. The highest BCUT2D eigenvalue weighted by molar-refractivity contribution is 6.02. The van der Waals surface area contributed by atoms with Crippen LogP contribution in [0.15, 0.2) is 59.4 Å². The van der Waals surface area contributed by atoms with Gasteiger partial charge in [-0.25, -0.2) is 9.78 Å². The van der Waals surface area contributed by atoms with E-state index < -0.39 is 11.9 Å². The van der Waals surface area contributed by atoms with Crippen LogP contribution in [0.3, 0.4) is 0 Å². The van der Waals surface area contributed by atoms with Crippen LogP contribution in [-0.2, 0) is 16.0 Å². The van der Waals surface area contributed by atoms with Gasteiger partial charge in [0.2, 0.25) is 11.8 Å². The van der Waals surface area contributed by atoms with Gasteiger partial charge in [-0.05, 0) is 93.4 Å². The molecule has 2 aromatic heterocycles. The minimum atomic E-state index is -0.958. The minimum absolute atomic E-state index is 0.110. The Labute approximate surface area is 272 Å². The van der Waals surface area contributed by atoms with Crippen LogP contribution in [0.5, 0.6) is 0 Å². The maximum atomic E-state index is 14.2. The van der Waals surface area contributed by atoms with Crippen LogP contribution >= 0.6 is 0 Å². The molecular formula is C35H42N8O4. The number of pyridine rings is 1. The Morgan fingerprint density at radius 3 is 2.38 bits per heavy atom. The maximum absolute atomic E-state index is 14.2. The predicted octanol–water partition coefficient (Wildman–Crippen LogP) is 2.51. The third-order valence-corrected chi connectivity index (χ3v) is 9.59. The molecule has 8 N–H and O–H groups in total. The molecule has 0 spiro atoms. The number of imidazole rings is 1. The molecule has 3 amide bonds. The molecule has 246 valence electrons. The van der Waals surface area contributed by atoms with Crippen molar-refractivity contribution in [3.8, 4) is 11.1 Å². The first-order chi connectivity index (χ1) is 22.7. The molecule has 0 radical (unpaired) electrons. The number of benzene rings is 2. The van der Waals surface area contributed by atoms with E-state index in [4.69, 9.17) is 11.5 Å². The van der Waals surface area contributed by atoms with Crippen LogP contribution in [0, 0.1) is 18.8 Å². The van der Waals surface area contributed by atoms with Gasteiger partial charge in [0.15, 0.2) is 0 Å². The van der Waals surface area contributed by atoms with E-state index in [0.717, 1.165) is 54.7 Å². The highest BCUT2D eigenvalue weighted by Gasteiger charge is 2.36. The largest absolute Gasteiger partial charge is 0.368 e. The average Bonchev–Trinajstić information content (AvgIpc) is 3.73. The van der Waals surface area contributed by atoms with Gasteiger partial charge in [-0.1, -0.05) is 30.3 Å². The fraction of sp³-hybridized carbons (Fsp3) is 0.400. The van der Waals surface area contributed by atoms with E-state index in [-0.39, 0.29) is 35.9 Å². The van der Waals surface area contributed by atoms with Crippen molar-refractivity contribution in [1.29, 1.82) is 0 Å². The Morgan fingerprint density at radius 2 is 1.72 bits per heavy atom. The van der Waals surface area contributed by atoms with Crippen molar-refractivity contribution in [1.82, 2.24) is 25.6 Å². The van der Waals surface area contributed by atoms with E-state index in [1.807, 2.05) is 37.3 Å². The Kier molecular flexibility index (Phi) is 9.50. The van der Waals surface area contributed by atoms with Gasteiger partial charge in [-0.3, -0.25) is 19.3 Å². The lowest BCUT2D eigenvalue weighted by Gasteiger charge is -2.35. The number of rotatable bonds is 10. The number of H-pyrrole nitrogens is 2. The van der Waals surface area contributed by atoms with Crippen molar-refractivity contribution < 1.29 is 14.4 Å². The molecule has 2 atom stereocenters. The highest BCUT2D eigenvalue weighted by Crippen LogP contribution is 2.33. The summed E-state index contributed by atoms with van der Waals surface area (Å²) in [5.41, 5.74) is 16.9. The summed E-state index contributed by atoms with van der Waals surface area (Å²) < 4.78 is 0. The van der Waals surface area contributed by atoms with E-state index in [1.54, 1.807) is 24.3 Å². The zero-order valence-corrected chi connectivity index (χ0v) is 26.6. The first-order valence-electron chi connectivity index (χ1n) is 16.3. The second-order valence-electron chi connectivity index (χ2n) is 12.8. The van der Waals surface area contributed by atoms with E-state index in [9.17, 15) is 19.2 Å². The lowest BCUT2D eigenvalue weighted by molar-refractivity contribution is -0.127. The van der Waals surface area contributed by atoms with Crippen LogP contribution in [0.2, 0.25) is 0 Å². The molecule has 2 aromatic carbocycles. The standard InChI is InChI=1S/C35H42N8O4/c1-20-27(11-13-29(39-20)33(45)40-25-14-15-38-19-25)23-6-2-21(3-7-23)16-31(32(37)44)43(34(46)24-8-4-22(18-36)5-9-24)26-10-12-28-30(17-26)42-35(47)41-28/h2-3,6-7,10-13,17,22,24-25,31,38H,4-5,8-9,14-16,18-19,36H2,1H3,(H2,37,44)(H,40,45)(H2,41,42,47)/t22?,24?,25-,31-/m0/s1. The number of hydrogen-bond acceptors (Lipinski definition) is 7. The molecule has 12 heteroatoms. The van der Waals surface area contributed by atoms with Crippen LogP contribution in [0.25, 0.3) is 22.2 Å². The number of aryl methyl sites for hydroxylation is 1. The highest BCUT2D eigenvalue weighted by atomic mass is 16.2. The number of nitrogens with two attached hydrogens (primary N) is 2. The normalized spacial score (nSPS) is 20.2. The van der Waals surface area contributed by atoms with Gasteiger partial charge in [-0.15, -0.1) is 0 Å². The van der Waals surface area contributed by atoms with Gasteiger partial charge in [0, 0.05) is 41.9 Å². The Hall–Kier alpha value is -4.81. The van der Waals surface area contributed by atoms with Crippen molar-refractivity contribution >= 4 is 34.4 Å². The van der Waals surface area contributed by atoms with Gasteiger partial charge in [0.25, 0.3) is 5.91 Å². The number of carbonyl (C=O) groups excluding carboxylic acids is 3. The van der Waals surface area contributed by atoms with Gasteiger partial charge < -0.3 is 32.1 Å². The first kappa shape index (κ1) is 32.1. The molecule has 12 nitrogen and oxygen atoms in total. The first-order valence-corrected chi connectivity index (χ1v) is 16.3. The van der Waals surface area contributed by atoms with Crippen LogP contribution in [0.4, 0.5) is 5.69 Å².